The predicted molar refractivity (Wildman–Crippen MR) is 177 cm³/mol. The Morgan fingerprint density at radius 3 is 1.65 bits per heavy atom. The molecular formula is C36H74N2O2. The van der Waals surface area contributed by atoms with Crippen LogP contribution in [-0.4, -0.2) is 50.7 Å². The Morgan fingerprint density at radius 2 is 1.07 bits per heavy atom. The van der Waals surface area contributed by atoms with Gasteiger partial charge in [0.1, 0.15) is 0 Å². The van der Waals surface area contributed by atoms with Crippen molar-refractivity contribution >= 4 is 5.97 Å². The fourth-order valence-electron chi connectivity index (χ4n) is 5.71. The molecule has 4 nitrogen and oxygen atoms in total. The highest BCUT2D eigenvalue weighted by molar-refractivity contribution is 5.69. The van der Waals surface area contributed by atoms with Gasteiger partial charge in [0.15, 0.2) is 0 Å². The van der Waals surface area contributed by atoms with Crippen LogP contribution in [0.25, 0.3) is 0 Å². The zero-order chi connectivity index (χ0) is 29.5. The number of esters is 1. The quantitative estimate of drug-likeness (QED) is 0.0649. The van der Waals surface area contributed by atoms with Crippen molar-refractivity contribution in [1.29, 1.82) is 0 Å². The maximum absolute atomic E-state index is 12.3. The summed E-state index contributed by atoms with van der Waals surface area (Å²) in [6.45, 7) is 9.77. The number of unbranched alkanes of at least 4 members (excludes halogenated alkanes) is 15. The zero-order valence-corrected chi connectivity index (χ0v) is 28.2. The summed E-state index contributed by atoms with van der Waals surface area (Å²) < 4.78 is 5.70. The van der Waals surface area contributed by atoms with Gasteiger partial charge >= 0.3 is 5.97 Å². The second-order valence-electron chi connectivity index (χ2n) is 12.9. The molecule has 0 rings (SSSR count). The zero-order valence-electron chi connectivity index (χ0n) is 28.2. The number of rotatable bonds is 32. The van der Waals surface area contributed by atoms with Crippen LogP contribution in [0.5, 0.6) is 0 Å². The number of carbonyl (C=O) groups is 1. The first-order valence-corrected chi connectivity index (χ1v) is 18.1. The van der Waals surface area contributed by atoms with Gasteiger partial charge in [-0.3, -0.25) is 4.79 Å². The van der Waals surface area contributed by atoms with Gasteiger partial charge in [0.05, 0.1) is 6.61 Å². The third-order valence-electron chi connectivity index (χ3n) is 8.47. The van der Waals surface area contributed by atoms with Crippen molar-refractivity contribution in [3.05, 3.63) is 0 Å². The van der Waals surface area contributed by atoms with E-state index >= 15 is 0 Å². The molecule has 240 valence electrons. The molecule has 0 aliphatic heterocycles. The lowest BCUT2D eigenvalue weighted by Gasteiger charge is -2.20. The topological polar surface area (TPSA) is 41.6 Å². The summed E-state index contributed by atoms with van der Waals surface area (Å²) in [5, 5.41) is 3.88. The van der Waals surface area contributed by atoms with Crippen LogP contribution in [0, 0.1) is 5.92 Å². The van der Waals surface area contributed by atoms with Gasteiger partial charge in [-0.15, -0.1) is 0 Å². The highest BCUT2D eigenvalue weighted by Gasteiger charge is 2.12. The van der Waals surface area contributed by atoms with E-state index in [-0.39, 0.29) is 5.97 Å². The maximum atomic E-state index is 12.3. The van der Waals surface area contributed by atoms with Gasteiger partial charge in [-0.25, -0.2) is 0 Å². The molecule has 4 heteroatoms. The molecule has 0 aliphatic carbocycles. The van der Waals surface area contributed by atoms with E-state index in [0.717, 1.165) is 19.4 Å². The molecule has 0 heterocycles. The van der Waals surface area contributed by atoms with Crippen LogP contribution in [0.4, 0.5) is 0 Å². The summed E-state index contributed by atoms with van der Waals surface area (Å²) in [6, 6.07) is 0.695. The molecule has 0 aromatic rings. The minimum absolute atomic E-state index is 0.0311. The summed E-state index contributed by atoms with van der Waals surface area (Å²) in [6.07, 6.45) is 31.8. The summed E-state index contributed by atoms with van der Waals surface area (Å²) in [4.78, 5) is 14.6. The predicted octanol–water partition coefficient (Wildman–Crippen LogP) is 10.5. The molecule has 0 radical (unpaired) electrons. The molecule has 0 saturated carbocycles. The van der Waals surface area contributed by atoms with E-state index in [1.807, 2.05) is 0 Å². The lowest BCUT2D eigenvalue weighted by atomic mass is 9.96. The minimum atomic E-state index is 0.0311. The molecule has 40 heavy (non-hydrogen) atoms. The maximum Gasteiger partial charge on any atom is 0.305 e. The molecule has 0 amide bonds. The highest BCUT2D eigenvalue weighted by Crippen LogP contribution is 2.19. The first-order chi connectivity index (χ1) is 19.5. The highest BCUT2D eigenvalue weighted by atomic mass is 16.5. The molecule has 2 atom stereocenters. The molecule has 0 aromatic carbocycles. The van der Waals surface area contributed by atoms with Gasteiger partial charge in [0, 0.05) is 12.5 Å². The van der Waals surface area contributed by atoms with Crippen LogP contribution in [0.15, 0.2) is 0 Å². The molecule has 2 unspecified atom stereocenters. The Morgan fingerprint density at radius 1 is 0.600 bits per heavy atom. The van der Waals surface area contributed by atoms with Crippen molar-refractivity contribution < 1.29 is 9.53 Å². The Kier molecular flexibility index (Phi) is 30.9. The Hall–Kier alpha value is -0.610. The van der Waals surface area contributed by atoms with E-state index in [9.17, 15) is 4.79 Å². The average molecular weight is 567 g/mol. The molecule has 0 bridgehead atoms. The normalized spacial score (nSPS) is 13.2. The molecule has 0 spiro atoms. The number of ether oxygens (including phenoxy) is 1. The number of hydrogen-bond donors (Lipinski definition) is 1. The monoisotopic (exact) mass is 567 g/mol. The summed E-state index contributed by atoms with van der Waals surface area (Å²) >= 11 is 0. The third-order valence-corrected chi connectivity index (χ3v) is 8.47. The van der Waals surface area contributed by atoms with Crippen LogP contribution in [-0.2, 0) is 9.53 Å². The fourth-order valence-corrected chi connectivity index (χ4v) is 5.71. The first kappa shape index (κ1) is 39.4. The van der Waals surface area contributed by atoms with Crippen LogP contribution in [0.1, 0.15) is 181 Å². The number of carbonyl (C=O) groups excluding carboxylic acids is 1. The number of nitrogens with zero attached hydrogens (tertiary/aromatic N) is 1. The van der Waals surface area contributed by atoms with Gasteiger partial charge in [-0.2, -0.15) is 0 Å². The SMILES string of the molecule is CCCCCCCCCC(CCCCCCCCC(=O)OCC(CCCC)CCCCCC)NCCCN(C)C. The summed E-state index contributed by atoms with van der Waals surface area (Å²) in [5.41, 5.74) is 0. The van der Waals surface area contributed by atoms with E-state index in [0.29, 0.717) is 25.0 Å². The van der Waals surface area contributed by atoms with Crippen molar-refractivity contribution in [1.82, 2.24) is 10.2 Å². The van der Waals surface area contributed by atoms with Gasteiger partial charge in [-0.1, -0.05) is 136 Å². The smallest absolute Gasteiger partial charge is 0.305 e. The van der Waals surface area contributed by atoms with Crippen molar-refractivity contribution in [2.75, 3.05) is 33.8 Å². The Balaban J connectivity index is 3.98. The Bertz CT molecular complexity index is 511. The van der Waals surface area contributed by atoms with Crippen LogP contribution >= 0.6 is 0 Å². The second kappa shape index (κ2) is 31.3. The lowest BCUT2D eigenvalue weighted by molar-refractivity contribution is -0.145. The van der Waals surface area contributed by atoms with Crippen LogP contribution in [0.2, 0.25) is 0 Å². The van der Waals surface area contributed by atoms with Gasteiger partial charge in [0.25, 0.3) is 0 Å². The molecule has 0 aliphatic rings. The lowest BCUT2D eigenvalue weighted by Crippen LogP contribution is -2.31. The van der Waals surface area contributed by atoms with E-state index < -0.39 is 0 Å². The number of nitrogens with one attached hydrogen (secondary N) is 1. The minimum Gasteiger partial charge on any atom is -0.465 e. The Labute approximate surface area is 252 Å². The standard InChI is InChI=1S/C36H74N2O2/c1-6-9-12-14-15-18-22-28-35(37-31-25-32-38(4)5)29-23-19-16-17-20-24-30-36(39)40-33-34(26-11-8-3)27-21-13-10-7-2/h34-35,37H,6-33H2,1-5H3. The van der Waals surface area contributed by atoms with Crippen LogP contribution < -0.4 is 5.32 Å². The molecule has 0 aromatic heterocycles. The van der Waals surface area contributed by atoms with Crippen molar-refractivity contribution in [2.24, 2.45) is 5.92 Å². The largest absolute Gasteiger partial charge is 0.465 e. The average Bonchev–Trinajstić information content (AvgIpc) is 2.94. The molecule has 0 saturated heterocycles. The number of hydrogen-bond acceptors (Lipinski definition) is 4. The fraction of sp³-hybridized carbons (Fsp3) is 0.972. The van der Waals surface area contributed by atoms with Crippen molar-refractivity contribution in [3.63, 3.8) is 0 Å². The van der Waals surface area contributed by atoms with Crippen molar-refractivity contribution in [3.8, 4) is 0 Å². The summed E-state index contributed by atoms with van der Waals surface area (Å²) in [7, 11) is 4.33. The van der Waals surface area contributed by atoms with Crippen molar-refractivity contribution in [2.45, 2.75) is 187 Å². The second-order valence-corrected chi connectivity index (χ2v) is 12.9. The van der Waals surface area contributed by atoms with E-state index in [4.69, 9.17) is 4.74 Å². The van der Waals surface area contributed by atoms with Crippen LogP contribution in [0.3, 0.4) is 0 Å². The molecule has 0 fully saturated rings. The third kappa shape index (κ3) is 28.9. The van der Waals surface area contributed by atoms with Gasteiger partial charge in [0.2, 0.25) is 0 Å². The molecule has 1 N–H and O–H groups in total. The first-order valence-electron chi connectivity index (χ1n) is 18.1. The van der Waals surface area contributed by atoms with Gasteiger partial charge in [-0.05, 0) is 71.6 Å². The summed E-state index contributed by atoms with van der Waals surface area (Å²) in [5.74, 6) is 0.599. The molecular weight excluding hydrogens is 492 g/mol. The van der Waals surface area contributed by atoms with Gasteiger partial charge < -0.3 is 15.0 Å². The van der Waals surface area contributed by atoms with E-state index in [1.54, 1.807) is 0 Å². The van der Waals surface area contributed by atoms with E-state index in [1.165, 1.54) is 148 Å². The van der Waals surface area contributed by atoms with E-state index in [2.05, 4.69) is 45.1 Å².